The van der Waals surface area contributed by atoms with Gasteiger partial charge in [0.15, 0.2) is 0 Å². The summed E-state index contributed by atoms with van der Waals surface area (Å²) in [6.45, 7) is 1.42. The summed E-state index contributed by atoms with van der Waals surface area (Å²) in [5.41, 5.74) is 1.97. The lowest BCUT2D eigenvalue weighted by molar-refractivity contribution is 0.0760. The second-order valence-corrected chi connectivity index (χ2v) is 7.01. The zero-order chi connectivity index (χ0) is 16.4. The van der Waals surface area contributed by atoms with E-state index in [1.54, 1.807) is 12.5 Å². The number of fused-ring (bicyclic) bond motifs is 1. The van der Waals surface area contributed by atoms with E-state index in [4.69, 9.17) is 4.42 Å². The van der Waals surface area contributed by atoms with Crippen LogP contribution in [0.15, 0.2) is 53.3 Å². The van der Waals surface area contributed by atoms with Gasteiger partial charge in [-0.05, 0) is 30.7 Å². The quantitative estimate of drug-likeness (QED) is 0.715. The number of nitrogens with zero attached hydrogens (tertiary/aromatic N) is 3. The van der Waals surface area contributed by atoms with Gasteiger partial charge in [0.2, 0.25) is 0 Å². The van der Waals surface area contributed by atoms with Crippen LogP contribution in [0.25, 0.3) is 11.0 Å². The van der Waals surface area contributed by atoms with Crippen LogP contribution in [0.1, 0.15) is 27.9 Å². The van der Waals surface area contributed by atoms with Crippen molar-refractivity contribution in [2.45, 2.75) is 11.7 Å². The van der Waals surface area contributed by atoms with Crippen molar-refractivity contribution < 1.29 is 9.21 Å². The molecule has 1 aliphatic heterocycles. The smallest absolute Gasteiger partial charge is 0.274 e. The molecule has 1 fully saturated rings. The van der Waals surface area contributed by atoms with Gasteiger partial charge < -0.3 is 9.32 Å². The molecule has 4 rings (SSSR count). The van der Waals surface area contributed by atoms with Crippen LogP contribution in [0.5, 0.6) is 0 Å². The summed E-state index contributed by atoms with van der Waals surface area (Å²) in [6, 6.07) is 11.5. The van der Waals surface area contributed by atoms with Gasteiger partial charge in [0, 0.05) is 18.8 Å². The minimum atomic E-state index is -0.0473. The molecular formula is C18H17N3O2S. The Kier molecular flexibility index (Phi) is 4.21. The Balaban J connectivity index is 1.51. The average molecular weight is 339 g/mol. The van der Waals surface area contributed by atoms with Gasteiger partial charge in [-0.25, -0.2) is 4.98 Å². The lowest BCUT2D eigenvalue weighted by Gasteiger charge is -2.19. The van der Waals surface area contributed by atoms with Crippen molar-refractivity contribution in [2.75, 3.05) is 18.8 Å². The maximum atomic E-state index is 12.8. The maximum Gasteiger partial charge on any atom is 0.274 e. The van der Waals surface area contributed by atoms with Crippen LogP contribution >= 0.6 is 11.8 Å². The highest BCUT2D eigenvalue weighted by Gasteiger charge is 2.25. The Morgan fingerprint density at radius 1 is 1.17 bits per heavy atom. The summed E-state index contributed by atoms with van der Waals surface area (Å²) in [5, 5.41) is 0.306. The fraction of sp³-hybridized carbons (Fsp3) is 0.278. The molecule has 0 bridgehead atoms. The van der Waals surface area contributed by atoms with Gasteiger partial charge in [0.25, 0.3) is 5.91 Å². The standard InChI is InChI=1S/C18H17N3O2S/c22-18(15-12-19-13-4-1-2-5-14(13)20-15)21-8-7-17(24-11-9-21)16-6-3-10-23-16/h1-6,10,12,17H,7-9,11H2. The summed E-state index contributed by atoms with van der Waals surface area (Å²) in [7, 11) is 0. The van der Waals surface area contributed by atoms with E-state index in [1.807, 2.05) is 53.1 Å². The van der Waals surface area contributed by atoms with Crippen LogP contribution in [0.4, 0.5) is 0 Å². The first kappa shape index (κ1) is 15.2. The van der Waals surface area contributed by atoms with Gasteiger partial charge in [-0.1, -0.05) is 12.1 Å². The molecule has 0 saturated carbocycles. The largest absolute Gasteiger partial charge is 0.468 e. The molecule has 1 aliphatic rings. The van der Waals surface area contributed by atoms with Crippen LogP contribution < -0.4 is 0 Å². The third-order valence-corrected chi connectivity index (χ3v) is 5.45. The molecule has 3 heterocycles. The molecule has 3 aromatic rings. The number of aromatic nitrogens is 2. The fourth-order valence-corrected chi connectivity index (χ4v) is 4.08. The Morgan fingerprint density at radius 2 is 2.04 bits per heavy atom. The van der Waals surface area contributed by atoms with Crippen molar-refractivity contribution in [3.63, 3.8) is 0 Å². The van der Waals surface area contributed by atoms with E-state index in [1.165, 1.54) is 0 Å². The molecule has 24 heavy (non-hydrogen) atoms. The molecule has 5 nitrogen and oxygen atoms in total. The predicted molar refractivity (Wildman–Crippen MR) is 94.0 cm³/mol. The zero-order valence-electron chi connectivity index (χ0n) is 13.1. The third-order valence-electron chi connectivity index (χ3n) is 4.16. The highest BCUT2D eigenvalue weighted by molar-refractivity contribution is 7.99. The van der Waals surface area contributed by atoms with E-state index < -0.39 is 0 Å². The average Bonchev–Trinajstić information content (AvgIpc) is 3.05. The van der Waals surface area contributed by atoms with Crippen molar-refractivity contribution >= 4 is 28.7 Å². The minimum Gasteiger partial charge on any atom is -0.468 e. The number of rotatable bonds is 2. The molecule has 1 aromatic carbocycles. The Bertz CT molecular complexity index is 850. The first-order valence-corrected chi connectivity index (χ1v) is 9.02. The Morgan fingerprint density at radius 3 is 2.88 bits per heavy atom. The number of furan rings is 1. The number of benzene rings is 1. The van der Waals surface area contributed by atoms with Crippen LogP contribution in [0.2, 0.25) is 0 Å². The van der Waals surface area contributed by atoms with Crippen molar-refractivity contribution in [1.82, 2.24) is 14.9 Å². The minimum absolute atomic E-state index is 0.0473. The summed E-state index contributed by atoms with van der Waals surface area (Å²) in [4.78, 5) is 23.5. The van der Waals surface area contributed by atoms with E-state index in [2.05, 4.69) is 9.97 Å². The molecule has 0 aliphatic carbocycles. The first-order chi connectivity index (χ1) is 11.8. The van der Waals surface area contributed by atoms with E-state index >= 15 is 0 Å². The molecular weight excluding hydrogens is 322 g/mol. The second-order valence-electron chi connectivity index (χ2n) is 5.70. The number of carbonyl (C=O) groups is 1. The monoisotopic (exact) mass is 339 g/mol. The van der Waals surface area contributed by atoms with E-state index in [0.717, 1.165) is 35.5 Å². The molecule has 1 atom stereocenters. The summed E-state index contributed by atoms with van der Waals surface area (Å²) < 4.78 is 5.51. The molecule has 122 valence electrons. The van der Waals surface area contributed by atoms with Gasteiger partial charge in [-0.2, -0.15) is 0 Å². The van der Waals surface area contributed by atoms with Gasteiger partial charge >= 0.3 is 0 Å². The van der Waals surface area contributed by atoms with Crippen molar-refractivity contribution in [3.8, 4) is 0 Å². The summed E-state index contributed by atoms with van der Waals surface area (Å²) in [6.07, 6.45) is 4.16. The van der Waals surface area contributed by atoms with Crippen LogP contribution in [-0.2, 0) is 0 Å². The van der Waals surface area contributed by atoms with E-state index in [-0.39, 0.29) is 5.91 Å². The normalized spacial score (nSPS) is 18.5. The van der Waals surface area contributed by atoms with Gasteiger partial charge in [0.1, 0.15) is 11.5 Å². The van der Waals surface area contributed by atoms with Gasteiger partial charge in [-0.15, -0.1) is 11.8 Å². The number of amides is 1. The number of hydrogen-bond donors (Lipinski definition) is 0. The first-order valence-electron chi connectivity index (χ1n) is 7.97. The Labute approximate surface area is 144 Å². The summed E-state index contributed by atoms with van der Waals surface area (Å²) >= 11 is 1.84. The molecule has 0 spiro atoms. The topological polar surface area (TPSA) is 59.2 Å². The van der Waals surface area contributed by atoms with Crippen LogP contribution in [-0.4, -0.2) is 39.6 Å². The molecule has 2 aromatic heterocycles. The molecule has 0 radical (unpaired) electrons. The van der Waals surface area contributed by atoms with Crippen molar-refractivity contribution in [1.29, 1.82) is 0 Å². The van der Waals surface area contributed by atoms with Crippen molar-refractivity contribution in [3.05, 3.63) is 60.3 Å². The highest BCUT2D eigenvalue weighted by atomic mass is 32.2. The lowest BCUT2D eigenvalue weighted by atomic mass is 10.2. The number of para-hydroxylation sites is 2. The van der Waals surface area contributed by atoms with E-state index in [9.17, 15) is 4.79 Å². The van der Waals surface area contributed by atoms with Crippen LogP contribution in [0.3, 0.4) is 0 Å². The fourth-order valence-electron chi connectivity index (χ4n) is 2.90. The van der Waals surface area contributed by atoms with E-state index in [0.29, 0.717) is 17.5 Å². The highest BCUT2D eigenvalue weighted by Crippen LogP contribution is 2.34. The predicted octanol–water partition coefficient (Wildman–Crippen LogP) is 3.54. The van der Waals surface area contributed by atoms with Crippen molar-refractivity contribution in [2.24, 2.45) is 0 Å². The SMILES string of the molecule is O=C(c1cnc2ccccc2n1)N1CCSC(c2ccco2)CC1. The molecule has 1 unspecified atom stereocenters. The van der Waals surface area contributed by atoms with Crippen LogP contribution in [0, 0.1) is 0 Å². The molecule has 0 N–H and O–H groups in total. The number of thioether (sulfide) groups is 1. The zero-order valence-corrected chi connectivity index (χ0v) is 13.9. The van der Waals surface area contributed by atoms with Gasteiger partial charge in [0.05, 0.1) is 28.7 Å². The second kappa shape index (κ2) is 6.65. The maximum absolute atomic E-state index is 12.8. The molecule has 1 saturated heterocycles. The number of carbonyl (C=O) groups excluding carboxylic acids is 1. The third kappa shape index (κ3) is 3.01. The number of hydrogen-bond acceptors (Lipinski definition) is 5. The Hall–Kier alpha value is -2.34. The summed E-state index contributed by atoms with van der Waals surface area (Å²) in [5.74, 6) is 1.83. The molecule has 1 amide bonds. The lowest BCUT2D eigenvalue weighted by Crippen LogP contribution is -2.33. The van der Waals surface area contributed by atoms with Gasteiger partial charge in [-0.3, -0.25) is 9.78 Å². The molecule has 6 heteroatoms.